The summed E-state index contributed by atoms with van der Waals surface area (Å²) >= 11 is 0. The van der Waals surface area contributed by atoms with Crippen LogP contribution in [0.15, 0.2) is 18.3 Å². The zero-order chi connectivity index (χ0) is 20.1. The van der Waals surface area contributed by atoms with E-state index in [1.54, 1.807) is 31.9 Å². The average molecular weight is 373 g/mol. The molecule has 1 aliphatic heterocycles. The van der Waals surface area contributed by atoms with Crippen molar-refractivity contribution in [2.45, 2.75) is 58.6 Å². The standard InChI is InChI=1S/C19H27N5O3/c1-18(2,3)27-16(25)12-19(4,13-20)17(26)24-10-7-14(8-11-24)22-15-6-5-9-21-23-15/h5-6,9,14H,7-8,10-12H2,1-4H3,(H,22,23). The Morgan fingerprint density at radius 1 is 1.33 bits per heavy atom. The molecule has 0 aliphatic carbocycles. The molecule has 0 radical (unpaired) electrons. The number of nitriles is 1. The third-order valence-electron chi connectivity index (χ3n) is 4.34. The third-order valence-corrected chi connectivity index (χ3v) is 4.34. The molecule has 0 aromatic carbocycles. The second-order valence-corrected chi connectivity index (χ2v) is 8.03. The molecule has 1 N–H and O–H groups in total. The van der Waals surface area contributed by atoms with Crippen LogP contribution in [0.2, 0.25) is 0 Å². The van der Waals surface area contributed by atoms with Crippen molar-refractivity contribution in [2.24, 2.45) is 5.41 Å². The molecular weight excluding hydrogens is 346 g/mol. The number of ether oxygens (including phenoxy) is 1. The molecule has 1 atom stereocenters. The third kappa shape index (κ3) is 5.91. The number of aromatic nitrogens is 2. The van der Waals surface area contributed by atoms with Gasteiger partial charge in [0.25, 0.3) is 0 Å². The lowest BCUT2D eigenvalue weighted by atomic mass is 9.86. The van der Waals surface area contributed by atoms with Crippen molar-refractivity contribution in [3.63, 3.8) is 0 Å². The molecular formula is C19H27N5O3. The Morgan fingerprint density at radius 2 is 2.00 bits per heavy atom. The number of nitrogens with zero attached hydrogens (tertiary/aromatic N) is 4. The summed E-state index contributed by atoms with van der Waals surface area (Å²) in [5.41, 5.74) is -2.08. The Hall–Kier alpha value is -2.69. The van der Waals surface area contributed by atoms with Crippen molar-refractivity contribution in [2.75, 3.05) is 18.4 Å². The number of nitrogens with one attached hydrogen (secondary N) is 1. The van der Waals surface area contributed by atoms with Crippen LogP contribution in [0.25, 0.3) is 0 Å². The zero-order valence-corrected chi connectivity index (χ0v) is 16.4. The van der Waals surface area contributed by atoms with Gasteiger partial charge in [-0.1, -0.05) is 0 Å². The van der Waals surface area contributed by atoms with Gasteiger partial charge in [0.15, 0.2) is 0 Å². The number of carbonyl (C=O) groups excluding carboxylic acids is 2. The van der Waals surface area contributed by atoms with Crippen LogP contribution >= 0.6 is 0 Å². The number of anilines is 1. The van der Waals surface area contributed by atoms with Crippen LogP contribution in [0, 0.1) is 16.7 Å². The number of amides is 1. The molecule has 0 bridgehead atoms. The van der Waals surface area contributed by atoms with E-state index in [4.69, 9.17) is 4.74 Å². The van der Waals surface area contributed by atoms with Crippen molar-refractivity contribution in [3.8, 4) is 6.07 Å². The normalized spacial score (nSPS) is 17.5. The van der Waals surface area contributed by atoms with Crippen LogP contribution < -0.4 is 5.32 Å². The quantitative estimate of drug-likeness (QED) is 0.788. The molecule has 1 aliphatic rings. The predicted octanol–water partition coefficient (Wildman–Crippen LogP) is 2.14. The summed E-state index contributed by atoms with van der Waals surface area (Å²) in [7, 11) is 0. The summed E-state index contributed by atoms with van der Waals surface area (Å²) in [5.74, 6) is -0.165. The number of rotatable bonds is 5. The fourth-order valence-corrected chi connectivity index (χ4v) is 2.99. The van der Waals surface area contributed by atoms with Gasteiger partial charge in [0.05, 0.1) is 12.5 Å². The van der Waals surface area contributed by atoms with Crippen LogP contribution in [0.1, 0.15) is 47.0 Å². The van der Waals surface area contributed by atoms with Crippen LogP contribution in [-0.2, 0) is 14.3 Å². The number of carbonyl (C=O) groups is 2. The van der Waals surface area contributed by atoms with Crippen molar-refractivity contribution in [1.29, 1.82) is 5.26 Å². The van der Waals surface area contributed by atoms with Gasteiger partial charge in [-0.15, -0.1) is 5.10 Å². The van der Waals surface area contributed by atoms with Gasteiger partial charge in [-0.3, -0.25) is 9.59 Å². The van der Waals surface area contributed by atoms with Crippen molar-refractivity contribution in [1.82, 2.24) is 15.1 Å². The molecule has 1 aromatic heterocycles. The predicted molar refractivity (Wildman–Crippen MR) is 99.4 cm³/mol. The molecule has 1 unspecified atom stereocenters. The Morgan fingerprint density at radius 3 is 2.52 bits per heavy atom. The second-order valence-electron chi connectivity index (χ2n) is 8.03. The lowest BCUT2D eigenvalue weighted by Crippen LogP contribution is -2.48. The topological polar surface area (TPSA) is 108 Å². The van der Waals surface area contributed by atoms with Gasteiger partial charge in [0, 0.05) is 25.3 Å². The largest absolute Gasteiger partial charge is 0.460 e. The molecule has 146 valence electrons. The summed E-state index contributed by atoms with van der Waals surface area (Å²) in [4.78, 5) is 26.6. The van der Waals surface area contributed by atoms with Gasteiger partial charge in [0.2, 0.25) is 5.91 Å². The minimum atomic E-state index is -1.42. The Kier molecular flexibility index (Phi) is 6.37. The molecule has 27 heavy (non-hydrogen) atoms. The van der Waals surface area contributed by atoms with E-state index in [-0.39, 0.29) is 18.4 Å². The Labute approximate surface area is 159 Å². The Balaban J connectivity index is 1.92. The maximum atomic E-state index is 12.9. The second kappa shape index (κ2) is 8.33. The molecule has 1 fully saturated rings. The lowest BCUT2D eigenvalue weighted by molar-refractivity contribution is -0.160. The van der Waals surface area contributed by atoms with Crippen molar-refractivity contribution >= 4 is 17.7 Å². The number of hydrogen-bond donors (Lipinski definition) is 1. The first-order chi connectivity index (χ1) is 12.6. The SMILES string of the molecule is CC(C)(C)OC(=O)CC(C)(C#N)C(=O)N1CCC(Nc2cccnn2)CC1. The molecule has 2 heterocycles. The summed E-state index contributed by atoms with van der Waals surface area (Å²) < 4.78 is 5.27. The minimum absolute atomic E-state index is 0.185. The van der Waals surface area contributed by atoms with Crippen molar-refractivity contribution < 1.29 is 14.3 Å². The number of likely N-dealkylation sites (tertiary alicyclic amines) is 1. The fourth-order valence-electron chi connectivity index (χ4n) is 2.99. The minimum Gasteiger partial charge on any atom is -0.460 e. The van der Waals surface area contributed by atoms with Crippen LogP contribution in [-0.4, -0.2) is 51.7 Å². The zero-order valence-electron chi connectivity index (χ0n) is 16.4. The van der Waals surface area contributed by atoms with Gasteiger partial charge in [-0.05, 0) is 52.7 Å². The maximum absolute atomic E-state index is 12.9. The summed E-state index contributed by atoms with van der Waals surface area (Å²) in [5, 5.41) is 20.7. The van der Waals surface area contributed by atoms with Crippen LogP contribution in [0.3, 0.4) is 0 Å². The maximum Gasteiger partial charge on any atom is 0.308 e. The lowest BCUT2D eigenvalue weighted by Gasteiger charge is -2.36. The molecule has 1 aromatic rings. The highest BCUT2D eigenvalue weighted by molar-refractivity contribution is 5.89. The molecule has 8 nitrogen and oxygen atoms in total. The molecule has 8 heteroatoms. The number of hydrogen-bond acceptors (Lipinski definition) is 7. The summed E-state index contributed by atoms with van der Waals surface area (Å²) in [6, 6.07) is 5.86. The van der Waals surface area contributed by atoms with Gasteiger partial charge < -0.3 is 15.0 Å². The van der Waals surface area contributed by atoms with E-state index >= 15 is 0 Å². The Bertz CT molecular complexity index is 702. The first-order valence-electron chi connectivity index (χ1n) is 9.10. The van der Waals surface area contributed by atoms with Gasteiger partial charge in [0.1, 0.15) is 16.8 Å². The molecule has 0 saturated carbocycles. The van der Waals surface area contributed by atoms with Crippen LogP contribution in [0.4, 0.5) is 5.82 Å². The summed E-state index contributed by atoms with van der Waals surface area (Å²) in [6.45, 7) is 7.80. The molecule has 0 spiro atoms. The molecule has 1 amide bonds. The highest BCUT2D eigenvalue weighted by atomic mass is 16.6. The van der Waals surface area contributed by atoms with E-state index in [0.29, 0.717) is 18.9 Å². The van der Waals surface area contributed by atoms with E-state index < -0.39 is 17.0 Å². The van der Waals surface area contributed by atoms with Crippen molar-refractivity contribution in [3.05, 3.63) is 18.3 Å². The van der Waals surface area contributed by atoms with E-state index in [1.807, 2.05) is 18.2 Å². The van der Waals surface area contributed by atoms with E-state index in [9.17, 15) is 14.9 Å². The highest BCUT2D eigenvalue weighted by Gasteiger charge is 2.41. The van der Waals surface area contributed by atoms with Gasteiger partial charge in [-0.2, -0.15) is 10.4 Å². The highest BCUT2D eigenvalue weighted by Crippen LogP contribution is 2.27. The van der Waals surface area contributed by atoms with Crippen LogP contribution in [0.5, 0.6) is 0 Å². The van der Waals surface area contributed by atoms with E-state index in [0.717, 1.165) is 12.8 Å². The smallest absolute Gasteiger partial charge is 0.308 e. The van der Waals surface area contributed by atoms with Gasteiger partial charge >= 0.3 is 5.97 Å². The molecule has 2 rings (SSSR count). The van der Waals surface area contributed by atoms with E-state index in [1.165, 1.54) is 6.92 Å². The monoisotopic (exact) mass is 373 g/mol. The summed E-state index contributed by atoms with van der Waals surface area (Å²) in [6.07, 6.45) is 2.82. The first-order valence-corrected chi connectivity index (χ1v) is 9.10. The fraction of sp³-hybridized carbons (Fsp3) is 0.632. The van der Waals surface area contributed by atoms with E-state index in [2.05, 4.69) is 15.5 Å². The number of esters is 1. The molecule has 1 saturated heterocycles. The van der Waals surface area contributed by atoms with Gasteiger partial charge in [-0.25, -0.2) is 0 Å². The first kappa shape index (κ1) is 20.6. The number of piperidine rings is 1. The average Bonchev–Trinajstić information content (AvgIpc) is 2.61.